The first-order chi connectivity index (χ1) is 9.33. The highest BCUT2D eigenvalue weighted by Gasteiger charge is 2.21. The van der Waals surface area contributed by atoms with Crippen LogP contribution in [0.5, 0.6) is 5.75 Å². The summed E-state index contributed by atoms with van der Waals surface area (Å²) in [5.74, 6) is 1.05. The molecule has 2 heterocycles. The van der Waals surface area contributed by atoms with Gasteiger partial charge in [-0.25, -0.2) is 4.98 Å². The van der Waals surface area contributed by atoms with Gasteiger partial charge in [0.1, 0.15) is 11.9 Å². The van der Waals surface area contributed by atoms with Gasteiger partial charge in [0, 0.05) is 24.4 Å². The lowest BCUT2D eigenvalue weighted by atomic mass is 10.1. The van der Waals surface area contributed by atoms with Gasteiger partial charge in [0.15, 0.2) is 0 Å². The normalized spacial score (nSPS) is 17.2. The third-order valence-corrected chi connectivity index (χ3v) is 4.45. The average Bonchev–Trinajstić information content (AvgIpc) is 3.00. The molecule has 0 bridgehead atoms. The molecule has 0 saturated heterocycles. The summed E-state index contributed by atoms with van der Waals surface area (Å²) in [5, 5.41) is 3.48. The minimum Gasteiger partial charge on any atom is -0.488 e. The predicted octanol–water partition coefficient (Wildman–Crippen LogP) is 2.59. The number of aryl methyl sites for hydroxylation is 1. The monoisotopic (exact) mass is 274 g/mol. The van der Waals surface area contributed by atoms with Crippen molar-refractivity contribution in [3.63, 3.8) is 0 Å². The van der Waals surface area contributed by atoms with E-state index in [0.717, 1.165) is 37.4 Å². The van der Waals surface area contributed by atoms with Crippen molar-refractivity contribution in [3.05, 3.63) is 45.9 Å². The maximum Gasteiger partial charge on any atom is 0.123 e. The van der Waals surface area contributed by atoms with Gasteiger partial charge in [0.05, 0.1) is 11.2 Å². The minimum absolute atomic E-state index is 0.278. The van der Waals surface area contributed by atoms with Crippen LogP contribution in [0.15, 0.2) is 29.8 Å². The quantitative estimate of drug-likeness (QED) is 0.851. The third-order valence-electron chi connectivity index (χ3n) is 3.46. The number of rotatable bonds is 5. The van der Waals surface area contributed by atoms with Crippen molar-refractivity contribution >= 4 is 11.3 Å². The minimum atomic E-state index is 0.278. The molecule has 1 aliphatic heterocycles. The number of ether oxygens (including phenoxy) is 1. The number of aromatic nitrogens is 1. The van der Waals surface area contributed by atoms with Crippen molar-refractivity contribution in [1.29, 1.82) is 0 Å². The maximum absolute atomic E-state index is 5.90. The van der Waals surface area contributed by atoms with Crippen LogP contribution in [0, 0.1) is 6.92 Å². The van der Waals surface area contributed by atoms with Crippen LogP contribution < -0.4 is 10.1 Å². The van der Waals surface area contributed by atoms with Gasteiger partial charge in [-0.2, -0.15) is 0 Å². The second kappa shape index (κ2) is 5.72. The molecule has 19 heavy (non-hydrogen) atoms. The van der Waals surface area contributed by atoms with Gasteiger partial charge in [-0.3, -0.25) is 0 Å². The largest absolute Gasteiger partial charge is 0.488 e. The van der Waals surface area contributed by atoms with E-state index in [1.807, 2.05) is 11.6 Å². The first-order valence-electron chi connectivity index (χ1n) is 6.67. The van der Waals surface area contributed by atoms with Gasteiger partial charge in [-0.05, 0) is 25.0 Å². The van der Waals surface area contributed by atoms with Crippen molar-refractivity contribution in [1.82, 2.24) is 10.3 Å². The van der Waals surface area contributed by atoms with Crippen LogP contribution >= 0.6 is 11.3 Å². The summed E-state index contributed by atoms with van der Waals surface area (Å²) in [7, 11) is 0. The van der Waals surface area contributed by atoms with Gasteiger partial charge in [0.25, 0.3) is 0 Å². The van der Waals surface area contributed by atoms with E-state index in [9.17, 15) is 0 Å². The SMILES string of the molecule is Cc1ncsc1CCNCC1Cc2ccccc2O1. The zero-order valence-electron chi connectivity index (χ0n) is 11.1. The van der Waals surface area contributed by atoms with Gasteiger partial charge < -0.3 is 10.1 Å². The van der Waals surface area contributed by atoms with E-state index in [0.29, 0.717) is 0 Å². The fourth-order valence-corrected chi connectivity index (χ4v) is 3.18. The maximum atomic E-state index is 5.90. The summed E-state index contributed by atoms with van der Waals surface area (Å²) in [6, 6.07) is 8.30. The van der Waals surface area contributed by atoms with Crippen LogP contribution in [0.25, 0.3) is 0 Å². The molecule has 1 aromatic carbocycles. The Kier molecular flexibility index (Phi) is 3.80. The smallest absolute Gasteiger partial charge is 0.123 e. The molecule has 0 radical (unpaired) electrons. The van der Waals surface area contributed by atoms with E-state index in [2.05, 4.69) is 35.4 Å². The van der Waals surface area contributed by atoms with E-state index >= 15 is 0 Å². The van der Waals surface area contributed by atoms with Crippen LogP contribution in [0.2, 0.25) is 0 Å². The highest BCUT2D eigenvalue weighted by molar-refractivity contribution is 7.09. The van der Waals surface area contributed by atoms with E-state index in [1.54, 1.807) is 11.3 Å². The number of fused-ring (bicyclic) bond motifs is 1. The Labute approximate surface area is 117 Å². The Morgan fingerprint density at radius 3 is 3.11 bits per heavy atom. The van der Waals surface area contributed by atoms with E-state index in [-0.39, 0.29) is 6.10 Å². The number of nitrogens with zero attached hydrogens (tertiary/aromatic N) is 1. The molecule has 0 fully saturated rings. The lowest BCUT2D eigenvalue weighted by Crippen LogP contribution is -2.31. The van der Waals surface area contributed by atoms with Gasteiger partial charge >= 0.3 is 0 Å². The summed E-state index contributed by atoms with van der Waals surface area (Å²) in [4.78, 5) is 5.64. The second-order valence-corrected chi connectivity index (χ2v) is 5.81. The Bertz CT molecular complexity index is 528. The standard InChI is InChI=1S/C15H18N2OS/c1-11-15(19-10-17-11)6-7-16-9-13-8-12-4-2-3-5-14(12)18-13/h2-5,10,13,16H,6-9H2,1H3. The summed E-state index contributed by atoms with van der Waals surface area (Å²) < 4.78 is 5.90. The molecule has 1 atom stereocenters. The van der Waals surface area contributed by atoms with Gasteiger partial charge in [-0.1, -0.05) is 18.2 Å². The number of hydrogen-bond acceptors (Lipinski definition) is 4. The second-order valence-electron chi connectivity index (χ2n) is 4.87. The van der Waals surface area contributed by atoms with E-state index in [4.69, 9.17) is 4.74 Å². The topological polar surface area (TPSA) is 34.2 Å². The molecule has 0 saturated carbocycles. The molecule has 4 heteroatoms. The van der Waals surface area contributed by atoms with Crippen molar-refractivity contribution in [2.24, 2.45) is 0 Å². The summed E-state index contributed by atoms with van der Waals surface area (Å²) in [6.07, 6.45) is 2.35. The highest BCUT2D eigenvalue weighted by atomic mass is 32.1. The molecule has 0 spiro atoms. The number of thiazole rings is 1. The highest BCUT2D eigenvalue weighted by Crippen LogP contribution is 2.27. The molecule has 3 nitrogen and oxygen atoms in total. The van der Waals surface area contributed by atoms with Crippen LogP contribution in [0.4, 0.5) is 0 Å². The summed E-state index contributed by atoms with van der Waals surface area (Å²) in [5.41, 5.74) is 4.41. The van der Waals surface area contributed by atoms with Gasteiger partial charge in [-0.15, -0.1) is 11.3 Å². The van der Waals surface area contributed by atoms with E-state index in [1.165, 1.54) is 10.4 Å². The van der Waals surface area contributed by atoms with Crippen LogP contribution in [0.1, 0.15) is 16.1 Å². The lowest BCUT2D eigenvalue weighted by molar-refractivity contribution is 0.228. The fraction of sp³-hybridized carbons (Fsp3) is 0.400. The first kappa shape index (κ1) is 12.6. The van der Waals surface area contributed by atoms with Crippen LogP contribution in [0.3, 0.4) is 0 Å². The number of hydrogen-bond donors (Lipinski definition) is 1. The molecule has 0 aliphatic carbocycles. The fourth-order valence-electron chi connectivity index (χ4n) is 2.40. The zero-order valence-corrected chi connectivity index (χ0v) is 11.9. The average molecular weight is 274 g/mol. The Morgan fingerprint density at radius 2 is 2.32 bits per heavy atom. The summed E-state index contributed by atoms with van der Waals surface area (Å²) >= 11 is 1.74. The molecular weight excluding hydrogens is 256 g/mol. The van der Waals surface area contributed by atoms with Crippen LogP contribution in [-0.4, -0.2) is 24.2 Å². The molecule has 1 aliphatic rings. The van der Waals surface area contributed by atoms with Crippen LogP contribution in [-0.2, 0) is 12.8 Å². The van der Waals surface area contributed by atoms with Crippen molar-refractivity contribution in [3.8, 4) is 5.75 Å². The third kappa shape index (κ3) is 2.96. The molecule has 3 rings (SSSR count). The molecule has 100 valence electrons. The Morgan fingerprint density at radius 1 is 1.42 bits per heavy atom. The number of nitrogens with one attached hydrogen (secondary N) is 1. The molecule has 1 unspecified atom stereocenters. The first-order valence-corrected chi connectivity index (χ1v) is 7.55. The molecule has 1 aromatic heterocycles. The predicted molar refractivity (Wildman–Crippen MR) is 78.0 cm³/mol. The molecule has 2 aromatic rings. The zero-order chi connectivity index (χ0) is 13.1. The van der Waals surface area contributed by atoms with Gasteiger partial charge in [0.2, 0.25) is 0 Å². The molecule has 1 N–H and O–H groups in total. The van der Waals surface area contributed by atoms with Crippen molar-refractivity contribution < 1.29 is 4.74 Å². The van der Waals surface area contributed by atoms with Crippen molar-refractivity contribution in [2.45, 2.75) is 25.9 Å². The Hall–Kier alpha value is -1.39. The molecule has 0 amide bonds. The lowest BCUT2D eigenvalue weighted by Gasteiger charge is -2.11. The van der Waals surface area contributed by atoms with E-state index < -0.39 is 0 Å². The number of benzene rings is 1. The summed E-state index contributed by atoms with van der Waals surface area (Å²) in [6.45, 7) is 3.97. The van der Waals surface area contributed by atoms with Crippen molar-refractivity contribution in [2.75, 3.05) is 13.1 Å². The number of para-hydroxylation sites is 1. The Balaban J connectivity index is 1.42. The molecular formula is C15H18N2OS.